The molecule has 2 aromatic rings. The largest absolute Gasteiger partial charge is 0.496 e. The van der Waals surface area contributed by atoms with Crippen molar-refractivity contribution in [3.63, 3.8) is 0 Å². The van der Waals surface area contributed by atoms with E-state index in [0.717, 1.165) is 33.7 Å². The lowest BCUT2D eigenvalue weighted by atomic mass is 9.96. The molecule has 1 unspecified atom stereocenters. The molecule has 0 amide bonds. The quantitative estimate of drug-likeness (QED) is 0.934. The van der Waals surface area contributed by atoms with Crippen LogP contribution < -0.4 is 9.64 Å². The van der Waals surface area contributed by atoms with Crippen LogP contribution in [-0.2, 0) is 0 Å². The van der Waals surface area contributed by atoms with Gasteiger partial charge in [-0.15, -0.1) is 0 Å². The molecule has 2 rings (SSSR count). The van der Waals surface area contributed by atoms with Crippen molar-refractivity contribution < 1.29 is 9.84 Å². The van der Waals surface area contributed by atoms with Crippen LogP contribution in [0.2, 0.25) is 0 Å². The monoisotopic (exact) mass is 285 g/mol. The average molecular weight is 285 g/mol. The third-order valence-electron chi connectivity index (χ3n) is 3.91. The standard InChI is InChI=1S/C18H23NO2/c1-12-9-10-16(18(21-5)13(12)2)17(20)14-7-6-8-15(11-14)19(3)4/h6-11,17,20H,1-5H3. The summed E-state index contributed by atoms with van der Waals surface area (Å²) in [6.45, 7) is 4.06. The Hall–Kier alpha value is -2.00. The smallest absolute Gasteiger partial charge is 0.128 e. The number of rotatable bonds is 4. The fraction of sp³-hybridized carbons (Fsp3) is 0.333. The number of aliphatic hydroxyl groups excluding tert-OH is 1. The highest BCUT2D eigenvalue weighted by molar-refractivity contribution is 5.52. The van der Waals surface area contributed by atoms with Crippen LogP contribution in [-0.4, -0.2) is 26.3 Å². The maximum absolute atomic E-state index is 10.7. The highest BCUT2D eigenvalue weighted by Gasteiger charge is 2.18. The van der Waals surface area contributed by atoms with Gasteiger partial charge in [0.25, 0.3) is 0 Å². The minimum Gasteiger partial charge on any atom is -0.496 e. The third-order valence-corrected chi connectivity index (χ3v) is 3.91. The number of aliphatic hydroxyl groups is 1. The van der Waals surface area contributed by atoms with Crippen molar-refractivity contribution in [2.24, 2.45) is 0 Å². The number of anilines is 1. The summed E-state index contributed by atoms with van der Waals surface area (Å²) in [5, 5.41) is 10.7. The van der Waals surface area contributed by atoms with Crippen LogP contribution in [0.15, 0.2) is 36.4 Å². The van der Waals surface area contributed by atoms with Crippen LogP contribution in [0.3, 0.4) is 0 Å². The van der Waals surface area contributed by atoms with Crippen LogP contribution >= 0.6 is 0 Å². The summed E-state index contributed by atoms with van der Waals surface area (Å²) in [6, 6.07) is 11.9. The van der Waals surface area contributed by atoms with Crippen molar-refractivity contribution in [2.45, 2.75) is 20.0 Å². The Labute approximate surface area is 126 Å². The van der Waals surface area contributed by atoms with Crippen molar-refractivity contribution in [1.29, 1.82) is 0 Å². The lowest BCUT2D eigenvalue weighted by Crippen LogP contribution is -2.10. The molecule has 1 atom stereocenters. The van der Waals surface area contributed by atoms with E-state index >= 15 is 0 Å². The first kappa shape index (κ1) is 15.4. The molecule has 3 nitrogen and oxygen atoms in total. The average Bonchev–Trinajstić information content (AvgIpc) is 2.49. The first-order valence-electron chi connectivity index (χ1n) is 7.05. The Bertz CT molecular complexity index is 635. The predicted molar refractivity (Wildman–Crippen MR) is 87.3 cm³/mol. The van der Waals surface area contributed by atoms with E-state index in [0.29, 0.717) is 0 Å². The number of benzene rings is 2. The molecule has 0 aliphatic rings. The lowest BCUT2D eigenvalue weighted by Gasteiger charge is -2.20. The number of methoxy groups -OCH3 is 1. The fourth-order valence-corrected chi connectivity index (χ4v) is 2.45. The number of nitrogens with zero attached hydrogens (tertiary/aromatic N) is 1. The molecule has 0 heterocycles. The van der Waals surface area contributed by atoms with E-state index in [4.69, 9.17) is 4.74 Å². The highest BCUT2D eigenvalue weighted by atomic mass is 16.5. The number of ether oxygens (including phenoxy) is 1. The summed E-state index contributed by atoms with van der Waals surface area (Å²) in [4.78, 5) is 2.02. The summed E-state index contributed by atoms with van der Waals surface area (Å²) >= 11 is 0. The second-order valence-electron chi connectivity index (χ2n) is 5.52. The van der Waals surface area contributed by atoms with E-state index in [2.05, 4.69) is 0 Å². The van der Waals surface area contributed by atoms with Gasteiger partial charge in [-0.25, -0.2) is 0 Å². The number of aryl methyl sites for hydroxylation is 1. The normalized spacial score (nSPS) is 12.1. The van der Waals surface area contributed by atoms with Crippen molar-refractivity contribution in [2.75, 3.05) is 26.1 Å². The van der Waals surface area contributed by atoms with E-state index in [-0.39, 0.29) is 0 Å². The lowest BCUT2D eigenvalue weighted by molar-refractivity contribution is 0.214. The van der Waals surface area contributed by atoms with Crippen LogP contribution in [0.4, 0.5) is 5.69 Å². The van der Waals surface area contributed by atoms with Gasteiger partial charge in [-0.1, -0.05) is 24.3 Å². The fourth-order valence-electron chi connectivity index (χ4n) is 2.45. The molecule has 0 saturated carbocycles. The van der Waals surface area contributed by atoms with Gasteiger partial charge in [0.1, 0.15) is 11.9 Å². The zero-order chi connectivity index (χ0) is 15.6. The van der Waals surface area contributed by atoms with Gasteiger partial charge >= 0.3 is 0 Å². The molecular formula is C18H23NO2. The SMILES string of the molecule is COc1c(C(O)c2cccc(N(C)C)c2)ccc(C)c1C. The number of hydrogen-bond acceptors (Lipinski definition) is 3. The van der Waals surface area contributed by atoms with Crippen molar-refractivity contribution >= 4 is 5.69 Å². The molecule has 21 heavy (non-hydrogen) atoms. The van der Waals surface area contributed by atoms with Gasteiger partial charge in [0, 0.05) is 25.3 Å². The Morgan fingerprint density at radius 1 is 1.10 bits per heavy atom. The first-order chi connectivity index (χ1) is 9.95. The molecule has 0 fully saturated rings. The van der Waals surface area contributed by atoms with Crippen LogP contribution in [0.25, 0.3) is 0 Å². The predicted octanol–water partition coefficient (Wildman–Crippen LogP) is 3.46. The molecule has 2 aromatic carbocycles. The molecule has 3 heteroatoms. The minimum absolute atomic E-state index is 0.695. The van der Waals surface area contributed by atoms with Crippen LogP contribution in [0.5, 0.6) is 5.75 Å². The van der Waals surface area contributed by atoms with Gasteiger partial charge in [-0.3, -0.25) is 0 Å². The molecule has 0 radical (unpaired) electrons. The van der Waals surface area contributed by atoms with Crippen molar-refractivity contribution in [3.05, 3.63) is 58.7 Å². The van der Waals surface area contributed by atoms with E-state index in [1.54, 1.807) is 7.11 Å². The zero-order valence-corrected chi connectivity index (χ0v) is 13.3. The second kappa shape index (κ2) is 6.19. The minimum atomic E-state index is -0.695. The van der Waals surface area contributed by atoms with Gasteiger partial charge in [0.15, 0.2) is 0 Å². The molecule has 0 saturated heterocycles. The maximum atomic E-state index is 10.7. The summed E-state index contributed by atoms with van der Waals surface area (Å²) in [5.74, 6) is 0.762. The van der Waals surface area contributed by atoms with Gasteiger partial charge in [0.2, 0.25) is 0 Å². The first-order valence-corrected chi connectivity index (χ1v) is 7.05. The van der Waals surface area contributed by atoms with E-state index in [1.807, 2.05) is 69.2 Å². The molecule has 0 spiro atoms. The maximum Gasteiger partial charge on any atom is 0.128 e. The Balaban J connectivity index is 2.47. The summed E-state index contributed by atoms with van der Waals surface area (Å²) in [7, 11) is 5.62. The van der Waals surface area contributed by atoms with Crippen LogP contribution in [0, 0.1) is 13.8 Å². The van der Waals surface area contributed by atoms with Crippen LogP contribution in [0.1, 0.15) is 28.4 Å². The van der Waals surface area contributed by atoms with E-state index in [9.17, 15) is 5.11 Å². The van der Waals surface area contributed by atoms with Crippen molar-refractivity contribution in [1.82, 2.24) is 0 Å². The van der Waals surface area contributed by atoms with E-state index < -0.39 is 6.10 Å². The molecule has 1 N–H and O–H groups in total. The van der Waals surface area contributed by atoms with Gasteiger partial charge in [-0.2, -0.15) is 0 Å². The van der Waals surface area contributed by atoms with Gasteiger partial charge in [-0.05, 0) is 42.7 Å². The molecule has 0 aromatic heterocycles. The van der Waals surface area contributed by atoms with Gasteiger partial charge in [0.05, 0.1) is 7.11 Å². The highest BCUT2D eigenvalue weighted by Crippen LogP contribution is 2.34. The van der Waals surface area contributed by atoms with Gasteiger partial charge < -0.3 is 14.7 Å². The second-order valence-corrected chi connectivity index (χ2v) is 5.52. The molecule has 0 aliphatic heterocycles. The number of hydrogen-bond donors (Lipinski definition) is 1. The molecule has 0 bridgehead atoms. The zero-order valence-electron chi connectivity index (χ0n) is 13.3. The molecular weight excluding hydrogens is 262 g/mol. The molecule has 112 valence electrons. The summed E-state index contributed by atoms with van der Waals surface area (Å²) < 4.78 is 5.51. The summed E-state index contributed by atoms with van der Waals surface area (Å²) in [6.07, 6.45) is -0.695. The Morgan fingerprint density at radius 2 is 1.81 bits per heavy atom. The Kier molecular flexibility index (Phi) is 4.53. The molecule has 0 aliphatic carbocycles. The van der Waals surface area contributed by atoms with E-state index in [1.165, 1.54) is 0 Å². The summed E-state index contributed by atoms with van der Waals surface area (Å²) in [5.41, 5.74) is 4.95. The topological polar surface area (TPSA) is 32.7 Å². The third kappa shape index (κ3) is 3.03. The van der Waals surface area contributed by atoms with Crippen molar-refractivity contribution in [3.8, 4) is 5.75 Å². The Morgan fingerprint density at radius 3 is 2.43 bits per heavy atom.